The Morgan fingerprint density at radius 3 is 2.90 bits per heavy atom. The van der Waals surface area contributed by atoms with Gasteiger partial charge >= 0.3 is 0 Å². The van der Waals surface area contributed by atoms with Crippen LogP contribution in [-0.4, -0.2) is 24.2 Å². The Balaban J connectivity index is 1.65. The maximum atomic E-state index is 5.38. The summed E-state index contributed by atoms with van der Waals surface area (Å²) < 4.78 is 0. The van der Waals surface area contributed by atoms with E-state index in [1.165, 1.54) is 23.6 Å². The highest BCUT2D eigenvalue weighted by molar-refractivity contribution is 7.80. The zero-order chi connectivity index (χ0) is 13.8. The second-order valence-electron chi connectivity index (χ2n) is 5.16. The molecule has 0 unspecified atom stereocenters. The highest BCUT2D eigenvalue weighted by Gasteiger charge is 2.13. The number of anilines is 1. The minimum atomic E-state index is 0.544. The van der Waals surface area contributed by atoms with Crippen molar-refractivity contribution >= 4 is 33.8 Å². The van der Waals surface area contributed by atoms with E-state index in [2.05, 4.69) is 46.3 Å². The molecular formula is C16H19N3S. The van der Waals surface area contributed by atoms with Gasteiger partial charge in [-0.25, -0.2) is 0 Å². The van der Waals surface area contributed by atoms with E-state index in [9.17, 15) is 0 Å². The molecule has 0 bridgehead atoms. The highest BCUT2D eigenvalue weighted by Crippen LogP contribution is 2.22. The molecule has 0 spiro atoms. The van der Waals surface area contributed by atoms with E-state index >= 15 is 0 Å². The summed E-state index contributed by atoms with van der Waals surface area (Å²) in [7, 11) is 0. The van der Waals surface area contributed by atoms with Gasteiger partial charge in [0, 0.05) is 23.7 Å². The molecule has 0 saturated carbocycles. The number of thiocarbonyl (C=S) groups is 1. The van der Waals surface area contributed by atoms with E-state index in [0.29, 0.717) is 11.2 Å². The average molecular weight is 285 g/mol. The van der Waals surface area contributed by atoms with E-state index in [4.69, 9.17) is 12.2 Å². The summed E-state index contributed by atoms with van der Waals surface area (Å²) in [5, 5.41) is 13.2. The molecule has 1 heterocycles. The summed E-state index contributed by atoms with van der Waals surface area (Å²) in [5.74, 6) is 0. The lowest BCUT2D eigenvalue weighted by Crippen LogP contribution is -2.39. The minimum absolute atomic E-state index is 0.544. The third-order valence-electron chi connectivity index (χ3n) is 3.71. The molecule has 2 aromatic rings. The summed E-state index contributed by atoms with van der Waals surface area (Å²) >= 11 is 5.38. The van der Waals surface area contributed by atoms with Gasteiger partial charge < -0.3 is 16.0 Å². The van der Waals surface area contributed by atoms with Crippen LogP contribution in [0, 0.1) is 0 Å². The molecule has 2 aromatic carbocycles. The quantitative estimate of drug-likeness (QED) is 0.758. The van der Waals surface area contributed by atoms with Crippen molar-refractivity contribution in [1.29, 1.82) is 0 Å². The topological polar surface area (TPSA) is 36.1 Å². The fourth-order valence-corrected chi connectivity index (χ4v) is 2.84. The van der Waals surface area contributed by atoms with Gasteiger partial charge in [0.15, 0.2) is 5.11 Å². The first-order chi connectivity index (χ1) is 9.83. The maximum absolute atomic E-state index is 5.38. The number of rotatable bonds is 3. The normalized spacial score (nSPS) is 18.1. The third kappa shape index (κ3) is 3.08. The summed E-state index contributed by atoms with van der Waals surface area (Å²) in [5.41, 5.74) is 1.06. The molecule has 0 radical (unpaired) electrons. The van der Waals surface area contributed by atoms with Crippen LogP contribution >= 0.6 is 12.2 Å². The Morgan fingerprint density at radius 2 is 2.05 bits per heavy atom. The van der Waals surface area contributed by atoms with Gasteiger partial charge in [-0.05, 0) is 43.1 Å². The van der Waals surface area contributed by atoms with Crippen molar-refractivity contribution in [1.82, 2.24) is 10.6 Å². The Labute approximate surface area is 124 Å². The molecule has 1 saturated heterocycles. The molecule has 20 heavy (non-hydrogen) atoms. The van der Waals surface area contributed by atoms with E-state index in [0.717, 1.165) is 18.8 Å². The van der Waals surface area contributed by atoms with Crippen LogP contribution in [0.4, 0.5) is 5.69 Å². The summed E-state index contributed by atoms with van der Waals surface area (Å²) in [6.45, 7) is 2.01. The average Bonchev–Trinajstić information content (AvgIpc) is 2.99. The van der Waals surface area contributed by atoms with E-state index < -0.39 is 0 Å². The van der Waals surface area contributed by atoms with Gasteiger partial charge in [0.2, 0.25) is 0 Å². The molecule has 3 N–H and O–H groups in total. The molecule has 0 aliphatic carbocycles. The Bertz CT molecular complexity index is 600. The molecule has 1 aliphatic rings. The lowest BCUT2D eigenvalue weighted by molar-refractivity contribution is 0.591. The molecule has 3 rings (SSSR count). The van der Waals surface area contributed by atoms with E-state index in [1.54, 1.807) is 0 Å². The van der Waals surface area contributed by atoms with Crippen molar-refractivity contribution < 1.29 is 0 Å². The summed E-state index contributed by atoms with van der Waals surface area (Å²) in [4.78, 5) is 0. The number of fused-ring (bicyclic) bond motifs is 1. The van der Waals surface area contributed by atoms with Crippen molar-refractivity contribution in [3.63, 3.8) is 0 Å². The Kier molecular flexibility index (Phi) is 4.14. The second kappa shape index (κ2) is 6.20. The predicted octanol–water partition coefficient (Wildman–Crippen LogP) is 2.88. The fourth-order valence-electron chi connectivity index (χ4n) is 2.65. The molecule has 0 amide bonds. The molecule has 3 nitrogen and oxygen atoms in total. The van der Waals surface area contributed by atoms with E-state index in [-0.39, 0.29) is 0 Å². The standard InChI is InChI=1S/C16H19N3S/c20-16(18-11-13-7-4-10-17-13)19-15-9-3-6-12-5-1-2-8-14(12)15/h1-3,5-6,8-9,13,17H,4,7,10-11H2,(H2,18,19,20)/t13-/m0/s1. The Hall–Kier alpha value is -1.65. The van der Waals surface area contributed by atoms with Crippen LogP contribution in [0.3, 0.4) is 0 Å². The molecular weight excluding hydrogens is 266 g/mol. The zero-order valence-corrected chi connectivity index (χ0v) is 12.2. The first-order valence-electron chi connectivity index (χ1n) is 7.09. The summed E-state index contributed by atoms with van der Waals surface area (Å²) in [6, 6.07) is 15.1. The van der Waals surface area contributed by atoms with Crippen molar-refractivity contribution in [3.05, 3.63) is 42.5 Å². The van der Waals surface area contributed by atoms with Crippen LogP contribution in [0.2, 0.25) is 0 Å². The maximum Gasteiger partial charge on any atom is 0.170 e. The second-order valence-corrected chi connectivity index (χ2v) is 5.56. The van der Waals surface area contributed by atoms with Crippen LogP contribution < -0.4 is 16.0 Å². The largest absolute Gasteiger partial charge is 0.361 e. The van der Waals surface area contributed by atoms with Gasteiger partial charge in [-0.15, -0.1) is 0 Å². The van der Waals surface area contributed by atoms with Gasteiger partial charge in [-0.3, -0.25) is 0 Å². The number of benzene rings is 2. The third-order valence-corrected chi connectivity index (χ3v) is 3.96. The van der Waals surface area contributed by atoms with Gasteiger partial charge in [0.05, 0.1) is 0 Å². The van der Waals surface area contributed by atoms with Crippen molar-refractivity contribution in [2.75, 3.05) is 18.4 Å². The van der Waals surface area contributed by atoms with Gasteiger partial charge in [-0.2, -0.15) is 0 Å². The predicted molar refractivity (Wildman–Crippen MR) is 89.2 cm³/mol. The fraction of sp³-hybridized carbons (Fsp3) is 0.312. The minimum Gasteiger partial charge on any atom is -0.361 e. The monoisotopic (exact) mass is 285 g/mol. The SMILES string of the molecule is S=C(NC[C@@H]1CCCN1)Nc1cccc2ccccc12. The molecule has 0 aromatic heterocycles. The van der Waals surface area contributed by atoms with Gasteiger partial charge in [-0.1, -0.05) is 36.4 Å². The van der Waals surface area contributed by atoms with Crippen LogP contribution in [0.1, 0.15) is 12.8 Å². The van der Waals surface area contributed by atoms with Crippen LogP contribution in [0.25, 0.3) is 10.8 Å². The lowest BCUT2D eigenvalue weighted by atomic mass is 10.1. The number of nitrogens with one attached hydrogen (secondary N) is 3. The lowest BCUT2D eigenvalue weighted by Gasteiger charge is -2.15. The molecule has 4 heteroatoms. The van der Waals surface area contributed by atoms with Crippen LogP contribution in [0.15, 0.2) is 42.5 Å². The van der Waals surface area contributed by atoms with Gasteiger partial charge in [0.25, 0.3) is 0 Å². The Morgan fingerprint density at radius 1 is 1.20 bits per heavy atom. The number of hydrogen-bond acceptors (Lipinski definition) is 2. The molecule has 1 atom stereocenters. The van der Waals surface area contributed by atoms with Crippen LogP contribution in [0.5, 0.6) is 0 Å². The van der Waals surface area contributed by atoms with Crippen LogP contribution in [-0.2, 0) is 0 Å². The van der Waals surface area contributed by atoms with Crippen molar-refractivity contribution in [3.8, 4) is 0 Å². The zero-order valence-electron chi connectivity index (χ0n) is 11.4. The smallest absolute Gasteiger partial charge is 0.170 e. The van der Waals surface area contributed by atoms with E-state index in [1.807, 2.05) is 12.1 Å². The van der Waals surface area contributed by atoms with Crippen molar-refractivity contribution in [2.45, 2.75) is 18.9 Å². The first kappa shape index (κ1) is 13.3. The van der Waals surface area contributed by atoms with Crippen molar-refractivity contribution in [2.24, 2.45) is 0 Å². The highest BCUT2D eigenvalue weighted by atomic mass is 32.1. The van der Waals surface area contributed by atoms with Gasteiger partial charge in [0.1, 0.15) is 0 Å². The molecule has 1 aliphatic heterocycles. The number of hydrogen-bond donors (Lipinski definition) is 3. The molecule has 104 valence electrons. The first-order valence-corrected chi connectivity index (χ1v) is 7.50. The molecule has 1 fully saturated rings. The summed E-state index contributed by atoms with van der Waals surface area (Å²) in [6.07, 6.45) is 2.49.